The van der Waals surface area contributed by atoms with Crippen LogP contribution in [0.25, 0.3) is 6.08 Å². The zero-order chi connectivity index (χ0) is 13.1. The summed E-state index contributed by atoms with van der Waals surface area (Å²) in [7, 11) is 0. The first-order valence-corrected chi connectivity index (χ1v) is 6.37. The highest BCUT2D eigenvalue weighted by Crippen LogP contribution is 2.23. The lowest BCUT2D eigenvalue weighted by Crippen LogP contribution is -2.17. The molecule has 1 aliphatic heterocycles. The maximum Gasteiger partial charge on any atom is 0.290 e. The average Bonchev–Trinajstić information content (AvgIpc) is 2.62. The number of amides is 2. The predicted octanol–water partition coefficient (Wildman–Crippen LogP) is 3.18. The summed E-state index contributed by atoms with van der Waals surface area (Å²) in [6.45, 7) is 4.07. The van der Waals surface area contributed by atoms with Crippen molar-refractivity contribution in [3.63, 3.8) is 0 Å². The molecule has 0 bridgehead atoms. The molecule has 1 N–H and O–H groups in total. The first-order chi connectivity index (χ1) is 8.56. The van der Waals surface area contributed by atoms with Gasteiger partial charge >= 0.3 is 0 Å². The molecule has 2 amide bonds. The van der Waals surface area contributed by atoms with Gasteiger partial charge in [0.25, 0.3) is 11.1 Å². The van der Waals surface area contributed by atoms with Crippen molar-refractivity contribution >= 4 is 29.0 Å². The van der Waals surface area contributed by atoms with Gasteiger partial charge in [-0.25, -0.2) is 0 Å². The van der Waals surface area contributed by atoms with E-state index in [4.69, 9.17) is 0 Å². The van der Waals surface area contributed by atoms with Gasteiger partial charge < -0.3 is 0 Å². The van der Waals surface area contributed by atoms with Crippen LogP contribution in [0.5, 0.6) is 0 Å². The summed E-state index contributed by atoms with van der Waals surface area (Å²) in [6, 6.07) is 6.20. The van der Waals surface area contributed by atoms with Crippen LogP contribution in [0.2, 0.25) is 0 Å². The molecule has 92 valence electrons. The van der Waals surface area contributed by atoms with Gasteiger partial charge in [-0.15, -0.1) is 0 Å². The predicted molar refractivity (Wildman–Crippen MR) is 74.2 cm³/mol. The summed E-state index contributed by atoms with van der Waals surface area (Å²) in [5.41, 5.74) is 3.48. The second-order valence-electron chi connectivity index (χ2n) is 4.09. The summed E-state index contributed by atoms with van der Waals surface area (Å²) in [5.74, 6) is -0.324. The molecule has 0 aliphatic carbocycles. The van der Waals surface area contributed by atoms with Crippen molar-refractivity contribution in [2.75, 3.05) is 0 Å². The maximum absolute atomic E-state index is 11.3. The van der Waals surface area contributed by atoms with Crippen LogP contribution >= 0.6 is 11.8 Å². The summed E-state index contributed by atoms with van der Waals surface area (Å²) < 4.78 is 0. The number of hydrogen-bond donors (Lipinski definition) is 1. The van der Waals surface area contributed by atoms with Crippen LogP contribution in [0.1, 0.15) is 16.7 Å². The average molecular weight is 259 g/mol. The number of imide groups is 1. The van der Waals surface area contributed by atoms with Gasteiger partial charge in [-0.05, 0) is 42.8 Å². The molecule has 3 nitrogen and oxygen atoms in total. The summed E-state index contributed by atoms with van der Waals surface area (Å²) in [4.78, 5) is 22.7. The van der Waals surface area contributed by atoms with Crippen molar-refractivity contribution in [2.24, 2.45) is 0 Å². The zero-order valence-corrected chi connectivity index (χ0v) is 11.0. The maximum atomic E-state index is 11.3. The fourth-order valence-corrected chi connectivity index (χ4v) is 2.25. The number of nitrogens with one attached hydrogen (secondary N) is 1. The number of rotatable bonds is 2. The molecular formula is C14H13NO2S. The highest BCUT2D eigenvalue weighted by atomic mass is 32.2. The van der Waals surface area contributed by atoms with Crippen molar-refractivity contribution in [2.45, 2.75) is 13.8 Å². The Morgan fingerprint density at radius 1 is 1.22 bits per heavy atom. The second kappa shape index (κ2) is 5.23. The Hall–Kier alpha value is -1.81. The molecule has 1 saturated heterocycles. The molecule has 0 atom stereocenters. The molecule has 1 aromatic rings. The standard InChI is InChI=1S/C14H13NO2S/c1-9-6-7-10(2)11(8-9)4-3-5-12-13(16)15-14(17)18-12/h3-8H,1-2H3,(H,15,16,17). The molecule has 18 heavy (non-hydrogen) atoms. The number of benzene rings is 1. The normalized spacial score (nSPS) is 17.8. The Morgan fingerprint density at radius 3 is 2.67 bits per heavy atom. The summed E-state index contributed by atoms with van der Waals surface area (Å²) >= 11 is 0.926. The topological polar surface area (TPSA) is 46.2 Å². The molecule has 1 aromatic carbocycles. The van der Waals surface area contributed by atoms with E-state index in [1.807, 2.05) is 19.9 Å². The van der Waals surface area contributed by atoms with E-state index in [0.717, 1.165) is 17.3 Å². The van der Waals surface area contributed by atoms with E-state index >= 15 is 0 Å². The summed E-state index contributed by atoms with van der Waals surface area (Å²) in [6.07, 6.45) is 5.39. The number of allylic oxidation sites excluding steroid dienone is 2. The van der Waals surface area contributed by atoms with Crippen molar-refractivity contribution in [3.8, 4) is 0 Å². The van der Waals surface area contributed by atoms with Gasteiger partial charge in [-0.2, -0.15) is 0 Å². The first kappa shape index (κ1) is 12.6. The fraction of sp³-hybridized carbons (Fsp3) is 0.143. The summed E-state index contributed by atoms with van der Waals surface area (Å²) in [5, 5.41) is 1.91. The lowest BCUT2D eigenvalue weighted by atomic mass is 10.1. The van der Waals surface area contributed by atoms with Crippen LogP contribution in [0.15, 0.2) is 35.3 Å². The second-order valence-corrected chi connectivity index (χ2v) is 5.11. The van der Waals surface area contributed by atoms with Gasteiger partial charge in [0.05, 0.1) is 4.91 Å². The van der Waals surface area contributed by atoms with E-state index < -0.39 is 0 Å². The van der Waals surface area contributed by atoms with E-state index in [9.17, 15) is 9.59 Å². The van der Waals surface area contributed by atoms with Crippen molar-refractivity contribution in [1.82, 2.24) is 5.32 Å². The van der Waals surface area contributed by atoms with Gasteiger partial charge in [-0.1, -0.05) is 35.9 Å². The lowest BCUT2D eigenvalue weighted by molar-refractivity contribution is -0.115. The molecule has 1 aliphatic rings. The minimum Gasteiger partial charge on any atom is -0.282 e. The number of carbonyl (C=O) groups is 2. The molecule has 4 heteroatoms. The lowest BCUT2D eigenvalue weighted by Gasteiger charge is -2.00. The Kier molecular flexibility index (Phi) is 3.67. The molecule has 0 radical (unpaired) electrons. The Labute approximate surface area is 110 Å². The smallest absolute Gasteiger partial charge is 0.282 e. The molecule has 0 saturated carbocycles. The van der Waals surface area contributed by atoms with Crippen LogP contribution in [0, 0.1) is 13.8 Å². The van der Waals surface area contributed by atoms with Gasteiger partial charge in [-0.3, -0.25) is 14.9 Å². The SMILES string of the molecule is Cc1ccc(C)c(C=CC=C2SC(=O)NC2=O)c1. The quantitative estimate of drug-likeness (QED) is 0.830. The van der Waals surface area contributed by atoms with E-state index in [0.29, 0.717) is 4.91 Å². The zero-order valence-electron chi connectivity index (χ0n) is 10.2. The minimum atomic E-state index is -0.324. The van der Waals surface area contributed by atoms with Gasteiger partial charge in [0, 0.05) is 0 Å². The molecule has 2 rings (SSSR count). The van der Waals surface area contributed by atoms with Gasteiger partial charge in [0.15, 0.2) is 0 Å². The molecular weight excluding hydrogens is 246 g/mol. The van der Waals surface area contributed by atoms with Gasteiger partial charge in [0.1, 0.15) is 0 Å². The van der Waals surface area contributed by atoms with Crippen molar-refractivity contribution < 1.29 is 9.59 Å². The van der Waals surface area contributed by atoms with Crippen LogP contribution in [-0.4, -0.2) is 11.1 Å². The molecule has 1 heterocycles. The number of hydrogen-bond acceptors (Lipinski definition) is 3. The van der Waals surface area contributed by atoms with E-state index in [1.54, 1.807) is 12.2 Å². The van der Waals surface area contributed by atoms with E-state index in [-0.39, 0.29) is 11.1 Å². The Balaban J connectivity index is 2.17. The third-order valence-corrected chi connectivity index (χ3v) is 3.43. The Bertz CT molecular complexity index is 573. The van der Waals surface area contributed by atoms with Crippen LogP contribution in [0.4, 0.5) is 4.79 Å². The highest BCUT2D eigenvalue weighted by molar-refractivity contribution is 8.18. The van der Waals surface area contributed by atoms with Crippen LogP contribution in [0.3, 0.4) is 0 Å². The van der Waals surface area contributed by atoms with E-state index in [2.05, 4.69) is 23.5 Å². The van der Waals surface area contributed by atoms with Crippen molar-refractivity contribution in [1.29, 1.82) is 0 Å². The number of carbonyl (C=O) groups excluding carboxylic acids is 2. The van der Waals surface area contributed by atoms with Crippen molar-refractivity contribution in [3.05, 3.63) is 51.9 Å². The van der Waals surface area contributed by atoms with Crippen LogP contribution in [-0.2, 0) is 4.79 Å². The molecule has 0 spiro atoms. The number of aryl methyl sites for hydroxylation is 2. The molecule has 0 unspecified atom stereocenters. The third-order valence-electron chi connectivity index (χ3n) is 2.60. The fourth-order valence-electron chi connectivity index (χ4n) is 1.61. The minimum absolute atomic E-state index is 0.314. The third kappa shape index (κ3) is 2.90. The molecule has 1 fully saturated rings. The number of thioether (sulfide) groups is 1. The Morgan fingerprint density at radius 2 is 2.00 bits per heavy atom. The molecule has 0 aromatic heterocycles. The van der Waals surface area contributed by atoms with Gasteiger partial charge in [0.2, 0.25) is 0 Å². The first-order valence-electron chi connectivity index (χ1n) is 5.55. The van der Waals surface area contributed by atoms with Crippen LogP contribution < -0.4 is 5.32 Å². The monoisotopic (exact) mass is 259 g/mol. The largest absolute Gasteiger partial charge is 0.290 e. The highest BCUT2D eigenvalue weighted by Gasteiger charge is 2.24. The van der Waals surface area contributed by atoms with E-state index in [1.165, 1.54) is 11.1 Å².